The number of nitro benzene ring substituents is 1. The SMILES string of the molecule is COC(=O)c1ccc(CN2C(=O)NC(C)(c3cccc([N+](=O)[O-])c3)C2=O)o1. The molecular formula is C17H15N3O7. The molecule has 2 aromatic rings. The van der Waals surface area contributed by atoms with Crippen molar-refractivity contribution in [1.82, 2.24) is 10.2 Å². The number of imide groups is 1. The van der Waals surface area contributed by atoms with Crippen LogP contribution in [0.3, 0.4) is 0 Å². The third-order valence-corrected chi connectivity index (χ3v) is 4.27. The van der Waals surface area contributed by atoms with E-state index in [0.717, 1.165) is 4.90 Å². The van der Waals surface area contributed by atoms with Crippen LogP contribution in [-0.2, 0) is 21.6 Å². The van der Waals surface area contributed by atoms with Crippen LogP contribution in [0.5, 0.6) is 0 Å². The molecule has 1 saturated heterocycles. The summed E-state index contributed by atoms with van der Waals surface area (Å²) in [5.41, 5.74) is -1.36. The quantitative estimate of drug-likeness (QED) is 0.366. The van der Waals surface area contributed by atoms with Crippen LogP contribution >= 0.6 is 0 Å². The molecule has 0 saturated carbocycles. The van der Waals surface area contributed by atoms with Gasteiger partial charge >= 0.3 is 12.0 Å². The van der Waals surface area contributed by atoms with E-state index in [-0.39, 0.29) is 29.3 Å². The van der Waals surface area contributed by atoms with Gasteiger partial charge in [-0.05, 0) is 24.6 Å². The highest BCUT2D eigenvalue weighted by Gasteiger charge is 2.49. The van der Waals surface area contributed by atoms with Crippen molar-refractivity contribution in [1.29, 1.82) is 0 Å². The number of ether oxygens (including phenoxy) is 1. The van der Waals surface area contributed by atoms with Gasteiger partial charge in [-0.2, -0.15) is 0 Å². The molecule has 1 atom stereocenters. The number of nitro groups is 1. The molecule has 27 heavy (non-hydrogen) atoms. The Morgan fingerprint density at radius 2 is 2.07 bits per heavy atom. The van der Waals surface area contributed by atoms with Gasteiger partial charge < -0.3 is 14.5 Å². The average Bonchev–Trinajstić information content (AvgIpc) is 3.20. The molecule has 140 valence electrons. The molecule has 1 fully saturated rings. The summed E-state index contributed by atoms with van der Waals surface area (Å²) in [6, 6.07) is 7.65. The third kappa shape index (κ3) is 3.12. The number of rotatable bonds is 5. The first-order valence-electron chi connectivity index (χ1n) is 7.82. The van der Waals surface area contributed by atoms with E-state index in [2.05, 4.69) is 10.1 Å². The Bertz CT molecular complexity index is 952. The topological polar surface area (TPSA) is 132 Å². The third-order valence-electron chi connectivity index (χ3n) is 4.27. The van der Waals surface area contributed by atoms with Gasteiger partial charge in [-0.3, -0.25) is 19.8 Å². The number of furan rings is 1. The van der Waals surface area contributed by atoms with Gasteiger partial charge in [-0.1, -0.05) is 12.1 Å². The second-order valence-electron chi connectivity index (χ2n) is 6.01. The molecule has 1 aromatic heterocycles. The molecule has 1 unspecified atom stereocenters. The maximum absolute atomic E-state index is 12.9. The van der Waals surface area contributed by atoms with Crippen LogP contribution in [0.4, 0.5) is 10.5 Å². The summed E-state index contributed by atoms with van der Waals surface area (Å²) in [5.74, 6) is -1.12. The first-order valence-corrected chi connectivity index (χ1v) is 7.82. The lowest BCUT2D eigenvalue weighted by Crippen LogP contribution is -2.40. The number of non-ortho nitro benzene ring substituents is 1. The van der Waals surface area contributed by atoms with Crippen molar-refractivity contribution in [2.45, 2.75) is 19.0 Å². The molecular weight excluding hydrogens is 358 g/mol. The molecule has 10 heteroatoms. The van der Waals surface area contributed by atoms with Gasteiger partial charge in [-0.15, -0.1) is 0 Å². The van der Waals surface area contributed by atoms with Crippen molar-refractivity contribution in [2.75, 3.05) is 7.11 Å². The molecule has 1 aliphatic rings. The summed E-state index contributed by atoms with van der Waals surface area (Å²) < 4.78 is 9.82. The number of hydrogen-bond donors (Lipinski definition) is 1. The van der Waals surface area contributed by atoms with E-state index < -0.39 is 28.4 Å². The predicted octanol–water partition coefficient (Wildman–Crippen LogP) is 1.94. The number of nitrogens with zero attached hydrogens (tertiary/aromatic N) is 2. The average molecular weight is 373 g/mol. The van der Waals surface area contributed by atoms with Crippen molar-refractivity contribution < 1.29 is 28.5 Å². The summed E-state index contributed by atoms with van der Waals surface area (Å²) in [4.78, 5) is 47.9. The summed E-state index contributed by atoms with van der Waals surface area (Å²) in [6.45, 7) is 1.26. The largest absolute Gasteiger partial charge is 0.463 e. The fraction of sp³-hybridized carbons (Fsp3) is 0.235. The Kier molecular flexibility index (Phi) is 4.40. The normalized spacial score (nSPS) is 19.1. The maximum Gasteiger partial charge on any atom is 0.373 e. The van der Waals surface area contributed by atoms with Crippen LogP contribution in [0.1, 0.15) is 28.8 Å². The van der Waals surface area contributed by atoms with E-state index >= 15 is 0 Å². The Labute approximate surface area is 152 Å². The minimum absolute atomic E-state index is 0.0546. The van der Waals surface area contributed by atoms with E-state index in [1.165, 1.54) is 50.4 Å². The van der Waals surface area contributed by atoms with Gasteiger partial charge in [0.25, 0.3) is 11.6 Å². The number of benzene rings is 1. The van der Waals surface area contributed by atoms with Crippen molar-refractivity contribution in [3.05, 3.63) is 63.6 Å². The van der Waals surface area contributed by atoms with Crippen molar-refractivity contribution in [2.24, 2.45) is 0 Å². The van der Waals surface area contributed by atoms with E-state index in [4.69, 9.17) is 4.42 Å². The van der Waals surface area contributed by atoms with Crippen LogP contribution in [0.25, 0.3) is 0 Å². The standard InChI is InChI=1S/C17H15N3O7/c1-17(10-4-3-5-11(8-10)20(24)25)15(22)19(16(23)18-17)9-12-6-7-13(27-12)14(21)26-2/h3-8H,9H2,1-2H3,(H,18,23). The lowest BCUT2D eigenvalue weighted by Gasteiger charge is -2.21. The molecule has 2 heterocycles. The van der Waals surface area contributed by atoms with Crippen LogP contribution in [0.15, 0.2) is 40.8 Å². The Hall–Kier alpha value is -3.69. The zero-order valence-electron chi connectivity index (χ0n) is 14.4. The highest BCUT2D eigenvalue weighted by atomic mass is 16.6. The van der Waals surface area contributed by atoms with Gasteiger partial charge in [0, 0.05) is 12.1 Å². The van der Waals surface area contributed by atoms with Crippen molar-refractivity contribution >= 4 is 23.6 Å². The fourth-order valence-corrected chi connectivity index (χ4v) is 2.80. The highest BCUT2D eigenvalue weighted by Crippen LogP contribution is 2.31. The van der Waals surface area contributed by atoms with Gasteiger partial charge in [-0.25, -0.2) is 9.59 Å². The monoisotopic (exact) mass is 373 g/mol. The first kappa shape index (κ1) is 18.1. The number of methoxy groups -OCH3 is 1. The zero-order valence-corrected chi connectivity index (χ0v) is 14.4. The lowest BCUT2D eigenvalue weighted by atomic mass is 9.91. The molecule has 3 rings (SSSR count). The smallest absolute Gasteiger partial charge is 0.373 e. The van der Waals surface area contributed by atoms with Crippen LogP contribution in [-0.4, -0.2) is 34.8 Å². The molecule has 0 spiro atoms. The van der Waals surface area contributed by atoms with E-state index in [1.807, 2.05) is 0 Å². The molecule has 10 nitrogen and oxygen atoms in total. The van der Waals surface area contributed by atoms with Crippen LogP contribution in [0.2, 0.25) is 0 Å². The number of amides is 3. The predicted molar refractivity (Wildman–Crippen MR) is 89.6 cm³/mol. The molecule has 1 aliphatic heterocycles. The van der Waals surface area contributed by atoms with Crippen molar-refractivity contribution in [3.8, 4) is 0 Å². The number of carbonyl (C=O) groups is 3. The highest BCUT2D eigenvalue weighted by molar-refractivity contribution is 6.07. The van der Waals surface area contributed by atoms with Crippen LogP contribution in [0, 0.1) is 10.1 Å². The number of hydrogen-bond acceptors (Lipinski definition) is 7. The molecule has 0 bridgehead atoms. The number of nitrogens with one attached hydrogen (secondary N) is 1. The first-order chi connectivity index (χ1) is 12.8. The number of esters is 1. The number of carbonyl (C=O) groups excluding carboxylic acids is 3. The summed E-state index contributed by atoms with van der Waals surface area (Å²) >= 11 is 0. The summed E-state index contributed by atoms with van der Waals surface area (Å²) in [7, 11) is 1.20. The fourth-order valence-electron chi connectivity index (χ4n) is 2.80. The summed E-state index contributed by atoms with van der Waals surface area (Å²) in [6.07, 6.45) is 0. The molecule has 0 aliphatic carbocycles. The van der Waals surface area contributed by atoms with Crippen molar-refractivity contribution in [3.63, 3.8) is 0 Å². The van der Waals surface area contributed by atoms with Crippen LogP contribution < -0.4 is 5.32 Å². The molecule has 0 radical (unpaired) electrons. The van der Waals surface area contributed by atoms with E-state index in [1.54, 1.807) is 0 Å². The molecule has 1 N–H and O–H groups in total. The lowest BCUT2D eigenvalue weighted by molar-refractivity contribution is -0.385. The maximum atomic E-state index is 12.9. The second kappa shape index (κ2) is 6.56. The van der Waals surface area contributed by atoms with Gasteiger partial charge in [0.2, 0.25) is 5.76 Å². The second-order valence-corrected chi connectivity index (χ2v) is 6.01. The van der Waals surface area contributed by atoms with Gasteiger partial charge in [0.15, 0.2) is 0 Å². The Balaban J connectivity index is 1.86. The minimum Gasteiger partial charge on any atom is -0.463 e. The zero-order chi connectivity index (χ0) is 19.8. The summed E-state index contributed by atoms with van der Waals surface area (Å²) in [5, 5.41) is 13.5. The van der Waals surface area contributed by atoms with Gasteiger partial charge in [0.05, 0.1) is 18.6 Å². The Morgan fingerprint density at radius 1 is 1.33 bits per heavy atom. The number of urea groups is 1. The van der Waals surface area contributed by atoms with Gasteiger partial charge in [0.1, 0.15) is 11.3 Å². The van der Waals surface area contributed by atoms with E-state index in [0.29, 0.717) is 0 Å². The molecule has 3 amide bonds. The Morgan fingerprint density at radius 3 is 2.74 bits per heavy atom. The van der Waals surface area contributed by atoms with E-state index in [9.17, 15) is 24.5 Å². The molecule has 1 aromatic carbocycles. The minimum atomic E-state index is -1.46.